The fraction of sp³-hybridized carbons (Fsp3) is 0.242. The number of benzene rings is 4. The van der Waals surface area contributed by atoms with Crippen LogP contribution in [0.3, 0.4) is 0 Å². The molecule has 6 nitrogen and oxygen atoms in total. The minimum absolute atomic E-state index is 0.0310. The second-order valence-electron chi connectivity index (χ2n) is 10.2. The third kappa shape index (κ3) is 9.59. The molecule has 3 atom stereocenters. The van der Waals surface area contributed by atoms with Crippen molar-refractivity contribution < 1.29 is 28.5 Å². The van der Waals surface area contributed by atoms with Crippen LogP contribution in [-0.4, -0.2) is 41.4 Å². The first-order chi connectivity index (χ1) is 20.2. The molecule has 4 aromatic rings. The molecule has 0 fully saturated rings. The molecule has 0 radical (unpaired) electrons. The van der Waals surface area contributed by atoms with Gasteiger partial charge in [-0.3, -0.25) is 4.79 Å². The van der Waals surface area contributed by atoms with E-state index in [0.29, 0.717) is 17.9 Å². The minimum atomic E-state index is -1.69. The highest BCUT2D eigenvalue weighted by molar-refractivity contribution is 14.1. The quantitative estimate of drug-likeness (QED) is 0.139. The first-order valence-electron chi connectivity index (χ1n) is 13.5. The predicted octanol–water partition coefficient (Wildman–Crippen LogP) is 5.10. The van der Waals surface area contributed by atoms with E-state index in [9.17, 15) is 23.8 Å². The molecular weight excluding hydrogens is 653 g/mol. The zero-order chi connectivity index (χ0) is 30.0. The number of para-hydroxylation sites is 1. The monoisotopic (exact) mass is 686 g/mol. The van der Waals surface area contributed by atoms with E-state index in [4.69, 9.17) is 4.74 Å². The molecule has 0 aromatic heterocycles. The fourth-order valence-electron chi connectivity index (χ4n) is 4.65. The van der Waals surface area contributed by atoms with E-state index in [-0.39, 0.29) is 31.6 Å². The standard InChI is InChI=1S/C33H33F2IN2O4/c34-26-14-24(15-27(35)18-26)17-30(31(39)21-37-20-23-8-7-11-28(36)16-23)38-32(40)19-33(41,25-9-3-1-4-10-25)22-42-29-12-5-2-6-13-29/h1-16,18,30-31,37,39,41H,17,19-22H2,(H,38,40). The number of aliphatic hydroxyl groups excluding tert-OH is 1. The molecule has 42 heavy (non-hydrogen) atoms. The van der Waals surface area contributed by atoms with Crippen LogP contribution in [0.2, 0.25) is 0 Å². The highest BCUT2D eigenvalue weighted by Gasteiger charge is 2.35. The summed E-state index contributed by atoms with van der Waals surface area (Å²) >= 11 is 2.22. The van der Waals surface area contributed by atoms with E-state index in [1.807, 2.05) is 30.3 Å². The molecule has 0 heterocycles. The Morgan fingerprint density at radius 2 is 1.55 bits per heavy atom. The molecule has 4 N–H and O–H groups in total. The molecule has 4 rings (SSSR count). The van der Waals surface area contributed by atoms with Gasteiger partial charge in [0.2, 0.25) is 5.91 Å². The largest absolute Gasteiger partial charge is 0.490 e. The molecule has 0 aliphatic carbocycles. The van der Waals surface area contributed by atoms with E-state index in [1.54, 1.807) is 54.6 Å². The predicted molar refractivity (Wildman–Crippen MR) is 166 cm³/mol. The lowest BCUT2D eigenvalue weighted by Crippen LogP contribution is -2.50. The molecule has 1 amide bonds. The molecule has 0 spiro atoms. The van der Waals surface area contributed by atoms with Gasteiger partial charge in [-0.15, -0.1) is 0 Å². The third-order valence-electron chi connectivity index (χ3n) is 6.75. The normalized spacial score (nSPS) is 14.0. The Morgan fingerprint density at radius 3 is 2.21 bits per heavy atom. The zero-order valence-electron chi connectivity index (χ0n) is 22.9. The van der Waals surface area contributed by atoms with Crippen molar-refractivity contribution in [2.45, 2.75) is 37.1 Å². The van der Waals surface area contributed by atoms with E-state index in [0.717, 1.165) is 15.2 Å². The molecule has 0 aliphatic heterocycles. The van der Waals surface area contributed by atoms with Crippen LogP contribution in [-0.2, 0) is 23.4 Å². The maximum absolute atomic E-state index is 14.0. The minimum Gasteiger partial charge on any atom is -0.490 e. The summed E-state index contributed by atoms with van der Waals surface area (Å²) in [6.07, 6.45) is -1.51. The van der Waals surface area contributed by atoms with Crippen LogP contribution >= 0.6 is 22.6 Å². The summed E-state index contributed by atoms with van der Waals surface area (Å²) in [4.78, 5) is 13.4. The summed E-state index contributed by atoms with van der Waals surface area (Å²) < 4.78 is 34.8. The van der Waals surface area contributed by atoms with Gasteiger partial charge in [0.15, 0.2) is 0 Å². The second-order valence-corrected chi connectivity index (χ2v) is 11.4. The Kier molecular flexibility index (Phi) is 11.4. The number of halogens is 3. The van der Waals surface area contributed by atoms with Gasteiger partial charge in [0.05, 0.1) is 18.6 Å². The number of ether oxygens (including phenoxy) is 1. The summed E-state index contributed by atoms with van der Waals surface area (Å²) in [7, 11) is 0. The summed E-state index contributed by atoms with van der Waals surface area (Å²) in [6, 6.07) is 27.8. The lowest BCUT2D eigenvalue weighted by Gasteiger charge is -2.30. The van der Waals surface area contributed by atoms with Crippen LogP contribution in [0.1, 0.15) is 23.1 Å². The maximum Gasteiger partial charge on any atom is 0.223 e. The molecule has 3 unspecified atom stereocenters. The number of carbonyl (C=O) groups is 1. The van der Waals surface area contributed by atoms with Crippen molar-refractivity contribution in [3.8, 4) is 5.75 Å². The first-order valence-corrected chi connectivity index (χ1v) is 14.6. The Balaban J connectivity index is 1.49. The molecule has 220 valence electrons. The van der Waals surface area contributed by atoms with Crippen molar-refractivity contribution in [1.29, 1.82) is 0 Å². The van der Waals surface area contributed by atoms with Gasteiger partial charge in [-0.1, -0.05) is 60.7 Å². The average Bonchev–Trinajstić information content (AvgIpc) is 2.96. The summed E-state index contributed by atoms with van der Waals surface area (Å²) in [6.45, 7) is 0.385. The average molecular weight is 687 g/mol. The van der Waals surface area contributed by atoms with E-state index in [1.165, 1.54) is 12.1 Å². The first kappa shape index (κ1) is 31.6. The van der Waals surface area contributed by atoms with Gasteiger partial charge < -0.3 is 25.6 Å². The highest BCUT2D eigenvalue weighted by Crippen LogP contribution is 2.27. The number of nitrogens with one attached hydrogen (secondary N) is 2. The smallest absolute Gasteiger partial charge is 0.223 e. The van der Waals surface area contributed by atoms with Crippen molar-refractivity contribution in [3.63, 3.8) is 0 Å². The highest BCUT2D eigenvalue weighted by atomic mass is 127. The molecule has 0 aliphatic rings. The number of rotatable bonds is 14. The molecule has 0 saturated carbocycles. The summed E-state index contributed by atoms with van der Waals surface area (Å²) in [5.74, 6) is -1.53. The van der Waals surface area contributed by atoms with Crippen molar-refractivity contribution in [1.82, 2.24) is 10.6 Å². The molecule has 9 heteroatoms. The second kappa shape index (κ2) is 15.2. The van der Waals surface area contributed by atoms with Gasteiger partial charge in [-0.25, -0.2) is 8.78 Å². The maximum atomic E-state index is 14.0. The molecule has 0 bridgehead atoms. The number of carbonyl (C=O) groups excluding carboxylic acids is 1. The van der Waals surface area contributed by atoms with Crippen LogP contribution in [0.25, 0.3) is 0 Å². The van der Waals surface area contributed by atoms with Crippen LogP contribution < -0.4 is 15.4 Å². The summed E-state index contributed by atoms with van der Waals surface area (Å²) in [5, 5.41) is 28.7. The van der Waals surface area contributed by atoms with Crippen molar-refractivity contribution in [2.24, 2.45) is 0 Å². The number of hydrogen-bond acceptors (Lipinski definition) is 5. The van der Waals surface area contributed by atoms with Crippen LogP contribution in [0.15, 0.2) is 103 Å². The van der Waals surface area contributed by atoms with Gasteiger partial charge >= 0.3 is 0 Å². The Labute approximate surface area is 257 Å². The molecule has 4 aromatic carbocycles. The Morgan fingerprint density at radius 1 is 0.881 bits per heavy atom. The number of amides is 1. The lowest BCUT2D eigenvalue weighted by molar-refractivity contribution is -0.129. The molecular formula is C33H33F2IN2O4. The number of hydrogen-bond donors (Lipinski definition) is 4. The van der Waals surface area contributed by atoms with Gasteiger partial charge in [-0.05, 0) is 82.1 Å². The topological polar surface area (TPSA) is 90.8 Å². The van der Waals surface area contributed by atoms with E-state index < -0.39 is 35.3 Å². The van der Waals surface area contributed by atoms with Crippen LogP contribution in [0.4, 0.5) is 8.78 Å². The van der Waals surface area contributed by atoms with E-state index >= 15 is 0 Å². The third-order valence-corrected chi connectivity index (χ3v) is 7.42. The fourth-order valence-corrected chi connectivity index (χ4v) is 5.25. The lowest BCUT2D eigenvalue weighted by atomic mass is 9.90. The summed E-state index contributed by atoms with van der Waals surface area (Å²) in [5.41, 5.74) is 0.0950. The van der Waals surface area contributed by atoms with E-state index in [2.05, 4.69) is 33.2 Å². The van der Waals surface area contributed by atoms with Crippen molar-refractivity contribution >= 4 is 28.5 Å². The van der Waals surface area contributed by atoms with Gasteiger partial charge in [0.1, 0.15) is 29.6 Å². The van der Waals surface area contributed by atoms with Crippen LogP contribution in [0, 0.1) is 15.2 Å². The molecule has 0 saturated heterocycles. The van der Waals surface area contributed by atoms with Crippen molar-refractivity contribution in [3.05, 3.63) is 135 Å². The Hall–Kier alpha value is -3.38. The zero-order valence-corrected chi connectivity index (χ0v) is 25.0. The Bertz CT molecular complexity index is 1420. The SMILES string of the molecule is O=C(CC(O)(COc1ccccc1)c1ccccc1)NC(Cc1cc(F)cc(F)c1)C(O)CNCc1cccc(I)c1. The van der Waals surface area contributed by atoms with Crippen molar-refractivity contribution in [2.75, 3.05) is 13.2 Å². The van der Waals surface area contributed by atoms with Gasteiger partial charge in [0, 0.05) is 22.7 Å². The van der Waals surface area contributed by atoms with Gasteiger partial charge in [-0.2, -0.15) is 0 Å². The van der Waals surface area contributed by atoms with Crippen LogP contribution in [0.5, 0.6) is 5.75 Å². The number of aliphatic hydroxyl groups is 2. The van der Waals surface area contributed by atoms with Gasteiger partial charge in [0.25, 0.3) is 0 Å².